The minimum atomic E-state index is -0.355. The molecule has 2 N–H and O–H groups in total. The lowest BCUT2D eigenvalue weighted by Crippen LogP contribution is -2.31. The first kappa shape index (κ1) is 20.0. The van der Waals surface area contributed by atoms with Crippen molar-refractivity contribution in [2.45, 2.75) is 23.2 Å². The number of rotatable bonds is 7. The van der Waals surface area contributed by atoms with Crippen LogP contribution < -0.4 is 15.6 Å². The molecule has 0 saturated carbocycles. The third-order valence-corrected chi connectivity index (χ3v) is 5.74. The summed E-state index contributed by atoms with van der Waals surface area (Å²) in [5.74, 6) is 1.20. The number of carbonyl (C=O) groups is 1. The molecule has 152 valence electrons. The molecule has 6 nitrogen and oxygen atoms in total. The Hall–Kier alpha value is -3.32. The molecule has 1 unspecified atom stereocenters. The average molecular weight is 420 g/mol. The first-order valence-corrected chi connectivity index (χ1v) is 10.6. The molecule has 7 heteroatoms. The molecule has 4 rings (SSSR count). The fraction of sp³-hybridized carbons (Fsp3) is 0.174. The maximum absolute atomic E-state index is 12.9. The average Bonchev–Trinajstić information content (AvgIpc) is 2.76. The Morgan fingerprint density at radius 1 is 1.13 bits per heavy atom. The minimum Gasteiger partial charge on any atom is -0.490 e. The summed E-state index contributed by atoms with van der Waals surface area (Å²) >= 11 is 1.43. The smallest absolute Gasteiger partial charge is 0.257 e. The lowest BCUT2D eigenvalue weighted by molar-refractivity contribution is -0.116. The largest absolute Gasteiger partial charge is 0.490 e. The molecule has 0 saturated heterocycles. The van der Waals surface area contributed by atoms with Crippen LogP contribution in [-0.2, 0) is 10.5 Å². The molecule has 1 aliphatic rings. The number of aromatic amines is 1. The van der Waals surface area contributed by atoms with Gasteiger partial charge >= 0.3 is 0 Å². The van der Waals surface area contributed by atoms with E-state index < -0.39 is 0 Å². The fourth-order valence-electron chi connectivity index (χ4n) is 3.38. The number of hydrogen-bond acceptors (Lipinski definition) is 5. The summed E-state index contributed by atoms with van der Waals surface area (Å²) in [5, 5.41) is 3.24. The van der Waals surface area contributed by atoms with Gasteiger partial charge in [0.2, 0.25) is 5.91 Å². The molecule has 1 amide bonds. The first-order valence-electron chi connectivity index (χ1n) is 9.58. The molecule has 0 aliphatic carbocycles. The zero-order valence-corrected chi connectivity index (χ0v) is 17.1. The number of H-pyrrole nitrogens is 1. The highest BCUT2D eigenvalue weighted by Gasteiger charge is 2.31. The number of amides is 1. The number of carbonyl (C=O) groups excluding carboxylic acids is 1. The van der Waals surface area contributed by atoms with Crippen LogP contribution in [0.4, 0.5) is 5.82 Å². The maximum atomic E-state index is 12.9. The first-order chi connectivity index (χ1) is 14.6. The van der Waals surface area contributed by atoms with Gasteiger partial charge in [0.25, 0.3) is 5.56 Å². The summed E-state index contributed by atoms with van der Waals surface area (Å²) in [6, 6.07) is 17.3. The van der Waals surface area contributed by atoms with Gasteiger partial charge in [-0.3, -0.25) is 9.59 Å². The van der Waals surface area contributed by atoms with Crippen molar-refractivity contribution in [3.8, 4) is 5.75 Å². The third kappa shape index (κ3) is 4.46. The van der Waals surface area contributed by atoms with Crippen LogP contribution in [0.1, 0.15) is 29.0 Å². The van der Waals surface area contributed by atoms with Gasteiger partial charge in [0, 0.05) is 18.1 Å². The summed E-state index contributed by atoms with van der Waals surface area (Å²) in [5.41, 5.74) is 2.25. The predicted molar refractivity (Wildman–Crippen MR) is 118 cm³/mol. The van der Waals surface area contributed by atoms with Gasteiger partial charge in [-0.1, -0.05) is 66.9 Å². The minimum absolute atomic E-state index is 0.156. The van der Waals surface area contributed by atoms with Crippen molar-refractivity contribution >= 4 is 23.5 Å². The number of ether oxygens (including phenoxy) is 1. The van der Waals surface area contributed by atoms with E-state index >= 15 is 0 Å². The van der Waals surface area contributed by atoms with E-state index in [-0.39, 0.29) is 23.8 Å². The summed E-state index contributed by atoms with van der Waals surface area (Å²) in [4.78, 5) is 32.6. The van der Waals surface area contributed by atoms with Crippen molar-refractivity contribution in [3.05, 3.63) is 94.3 Å². The van der Waals surface area contributed by atoms with Crippen LogP contribution in [0, 0.1) is 0 Å². The molecule has 2 aromatic carbocycles. The number of benzene rings is 2. The Morgan fingerprint density at radius 2 is 1.90 bits per heavy atom. The number of nitrogens with one attached hydrogen (secondary N) is 2. The van der Waals surface area contributed by atoms with E-state index in [0.29, 0.717) is 34.6 Å². The summed E-state index contributed by atoms with van der Waals surface area (Å²) in [6.07, 6.45) is 1.87. The van der Waals surface area contributed by atoms with Crippen molar-refractivity contribution in [3.63, 3.8) is 0 Å². The van der Waals surface area contributed by atoms with Crippen LogP contribution >= 0.6 is 11.8 Å². The van der Waals surface area contributed by atoms with Gasteiger partial charge in [-0.25, -0.2) is 4.98 Å². The van der Waals surface area contributed by atoms with Crippen molar-refractivity contribution < 1.29 is 9.53 Å². The van der Waals surface area contributed by atoms with Gasteiger partial charge in [0.05, 0.1) is 5.56 Å². The highest BCUT2D eigenvalue weighted by molar-refractivity contribution is 7.98. The highest BCUT2D eigenvalue weighted by atomic mass is 32.2. The topological polar surface area (TPSA) is 84.1 Å². The second-order valence-electron chi connectivity index (χ2n) is 6.88. The van der Waals surface area contributed by atoms with E-state index in [2.05, 4.69) is 21.9 Å². The summed E-state index contributed by atoms with van der Waals surface area (Å²) in [6.45, 7) is 4.05. The number of fused-ring (bicyclic) bond motifs is 1. The summed E-state index contributed by atoms with van der Waals surface area (Å²) in [7, 11) is 0. The molecular formula is C23H21N3O3S. The zero-order valence-electron chi connectivity index (χ0n) is 16.3. The van der Waals surface area contributed by atoms with E-state index in [0.717, 1.165) is 11.1 Å². The quantitative estimate of drug-likeness (QED) is 0.342. The lowest BCUT2D eigenvalue weighted by Gasteiger charge is -2.24. The molecule has 1 aromatic heterocycles. The van der Waals surface area contributed by atoms with E-state index in [1.807, 2.05) is 54.6 Å². The van der Waals surface area contributed by atoms with Crippen molar-refractivity contribution in [2.24, 2.45) is 0 Å². The van der Waals surface area contributed by atoms with Crippen LogP contribution in [0.5, 0.6) is 5.75 Å². The summed E-state index contributed by atoms with van der Waals surface area (Å²) < 4.78 is 5.51. The number of aromatic nitrogens is 2. The van der Waals surface area contributed by atoms with Crippen LogP contribution in [0.25, 0.3) is 0 Å². The Kier molecular flexibility index (Phi) is 5.99. The Labute approximate surface area is 178 Å². The molecule has 2 heterocycles. The van der Waals surface area contributed by atoms with Gasteiger partial charge < -0.3 is 15.0 Å². The van der Waals surface area contributed by atoms with Crippen LogP contribution in [0.3, 0.4) is 0 Å². The monoisotopic (exact) mass is 419 g/mol. The van der Waals surface area contributed by atoms with Gasteiger partial charge in [-0.05, 0) is 23.3 Å². The van der Waals surface area contributed by atoms with Crippen molar-refractivity contribution in [1.29, 1.82) is 0 Å². The van der Waals surface area contributed by atoms with Gasteiger partial charge in [-0.2, -0.15) is 0 Å². The number of thioether (sulfide) groups is 1. The molecule has 0 spiro atoms. The van der Waals surface area contributed by atoms with Gasteiger partial charge in [-0.15, -0.1) is 0 Å². The molecule has 0 radical (unpaired) electrons. The third-order valence-electron chi connectivity index (χ3n) is 4.80. The van der Waals surface area contributed by atoms with Crippen LogP contribution in [-0.4, -0.2) is 22.5 Å². The molecule has 3 aromatic rings. The lowest BCUT2D eigenvalue weighted by atomic mass is 9.87. The number of hydrogen-bond donors (Lipinski definition) is 2. The molecule has 1 aliphatic heterocycles. The Balaban J connectivity index is 1.60. The molecule has 0 bridgehead atoms. The zero-order chi connectivity index (χ0) is 20.9. The molecular weight excluding hydrogens is 398 g/mol. The SMILES string of the molecule is C=CCOc1ccc(C2CC(=O)Nc3nc(SCc4ccccc4)[nH]c(=O)c32)cc1. The van der Waals surface area contributed by atoms with E-state index in [4.69, 9.17) is 4.74 Å². The number of anilines is 1. The second-order valence-corrected chi connectivity index (χ2v) is 7.85. The van der Waals surface area contributed by atoms with Crippen LogP contribution in [0.2, 0.25) is 0 Å². The fourth-order valence-corrected chi connectivity index (χ4v) is 4.20. The van der Waals surface area contributed by atoms with Crippen LogP contribution in [0.15, 0.2) is 77.2 Å². The standard InChI is InChI=1S/C23H21N3O3S/c1-2-12-29-17-10-8-16(9-11-17)18-13-19(27)24-21-20(18)22(28)26-23(25-21)30-14-15-6-4-3-5-7-15/h2-11,18H,1,12-14H2,(H2,24,25,26,27,28). The van der Waals surface area contributed by atoms with Gasteiger partial charge in [0.1, 0.15) is 18.2 Å². The predicted octanol–water partition coefficient (Wildman–Crippen LogP) is 4.10. The maximum Gasteiger partial charge on any atom is 0.257 e. The number of nitrogens with zero attached hydrogens (tertiary/aromatic N) is 1. The normalized spacial score (nSPS) is 15.2. The second kappa shape index (κ2) is 9.00. The van der Waals surface area contributed by atoms with Crippen molar-refractivity contribution in [2.75, 3.05) is 11.9 Å². The highest BCUT2D eigenvalue weighted by Crippen LogP contribution is 2.35. The molecule has 30 heavy (non-hydrogen) atoms. The Morgan fingerprint density at radius 3 is 2.63 bits per heavy atom. The van der Waals surface area contributed by atoms with Gasteiger partial charge in [0.15, 0.2) is 5.16 Å². The van der Waals surface area contributed by atoms with Crippen molar-refractivity contribution in [1.82, 2.24) is 9.97 Å². The molecule has 1 atom stereocenters. The molecule has 0 fully saturated rings. The van der Waals surface area contributed by atoms with E-state index in [1.165, 1.54) is 11.8 Å². The van der Waals surface area contributed by atoms with E-state index in [9.17, 15) is 9.59 Å². The van der Waals surface area contributed by atoms with E-state index in [1.54, 1.807) is 6.08 Å². The Bertz CT molecular complexity index is 1110.